The molecule has 9 aromatic rings. The van der Waals surface area contributed by atoms with Crippen molar-refractivity contribution < 1.29 is 0 Å². The number of fused-ring (bicyclic) bond motifs is 7. The van der Waals surface area contributed by atoms with Gasteiger partial charge in [-0.3, -0.25) is 0 Å². The van der Waals surface area contributed by atoms with Crippen LogP contribution in [0.3, 0.4) is 0 Å². The Bertz CT molecular complexity index is 2780. The summed E-state index contributed by atoms with van der Waals surface area (Å²) in [5, 5.41) is 7.93. The Kier molecular flexibility index (Phi) is 5.61. The van der Waals surface area contributed by atoms with Gasteiger partial charge in [0.25, 0.3) is 0 Å². The Morgan fingerprint density at radius 3 is 1.14 bits per heavy atom. The first-order chi connectivity index (χ1) is 24.7. The Labute approximate surface area is 291 Å². The summed E-state index contributed by atoms with van der Waals surface area (Å²) in [5.41, 5.74) is 21.0. The second-order valence-corrected chi connectivity index (χ2v) is 14.1. The van der Waals surface area contributed by atoms with Crippen LogP contribution in [0.4, 0.5) is 0 Å². The van der Waals surface area contributed by atoms with Crippen molar-refractivity contribution in [2.45, 2.75) is 13.8 Å². The monoisotopic (exact) mass is 632 g/mol. The van der Waals surface area contributed by atoms with Crippen LogP contribution in [0.25, 0.3) is 110 Å². The average Bonchev–Trinajstić information content (AvgIpc) is 3.67. The largest absolute Gasteiger partial charge is 0.0616 e. The molecule has 0 saturated carbocycles. The van der Waals surface area contributed by atoms with E-state index in [9.17, 15) is 0 Å². The molecule has 50 heavy (non-hydrogen) atoms. The number of hydrogen-bond donors (Lipinski definition) is 0. The van der Waals surface area contributed by atoms with E-state index in [1.807, 2.05) is 0 Å². The van der Waals surface area contributed by atoms with Crippen LogP contribution in [0.1, 0.15) is 11.1 Å². The van der Waals surface area contributed by atoms with Gasteiger partial charge in [0.05, 0.1) is 0 Å². The van der Waals surface area contributed by atoms with Crippen LogP contribution in [0.5, 0.6) is 0 Å². The Balaban J connectivity index is 1.25. The van der Waals surface area contributed by atoms with Crippen molar-refractivity contribution in [2.24, 2.45) is 0 Å². The zero-order valence-electron chi connectivity index (χ0n) is 28.0. The molecule has 0 bridgehead atoms. The summed E-state index contributed by atoms with van der Waals surface area (Å²) in [5.74, 6) is 0. The zero-order chi connectivity index (χ0) is 33.1. The highest BCUT2D eigenvalue weighted by Crippen LogP contribution is 2.59. The average molecular weight is 633 g/mol. The molecule has 0 heterocycles. The molecule has 2 aliphatic carbocycles. The van der Waals surface area contributed by atoms with Gasteiger partial charge in [-0.25, -0.2) is 0 Å². The fourth-order valence-electron chi connectivity index (χ4n) is 9.12. The van der Waals surface area contributed by atoms with Crippen molar-refractivity contribution >= 4 is 32.3 Å². The van der Waals surface area contributed by atoms with Crippen molar-refractivity contribution in [1.29, 1.82) is 0 Å². The van der Waals surface area contributed by atoms with Crippen molar-refractivity contribution in [3.8, 4) is 77.9 Å². The third-order valence-corrected chi connectivity index (χ3v) is 11.3. The lowest BCUT2D eigenvalue weighted by atomic mass is 9.82. The molecule has 232 valence electrons. The maximum Gasteiger partial charge on any atom is -0.000741 e. The lowest BCUT2D eigenvalue weighted by Gasteiger charge is -2.20. The van der Waals surface area contributed by atoms with E-state index in [-0.39, 0.29) is 0 Å². The molecule has 0 aliphatic heterocycles. The van der Waals surface area contributed by atoms with E-state index in [0.29, 0.717) is 0 Å². The van der Waals surface area contributed by atoms with Gasteiger partial charge in [-0.1, -0.05) is 169 Å². The van der Waals surface area contributed by atoms with Gasteiger partial charge < -0.3 is 0 Å². The van der Waals surface area contributed by atoms with E-state index in [2.05, 4.69) is 172 Å². The molecule has 9 aromatic carbocycles. The molecule has 0 unspecified atom stereocenters. The van der Waals surface area contributed by atoms with Crippen LogP contribution in [0.2, 0.25) is 0 Å². The minimum Gasteiger partial charge on any atom is -0.0616 e. The van der Waals surface area contributed by atoms with Crippen LogP contribution in [-0.4, -0.2) is 0 Å². The zero-order valence-corrected chi connectivity index (χ0v) is 28.0. The van der Waals surface area contributed by atoms with Gasteiger partial charge in [-0.15, -0.1) is 0 Å². The highest BCUT2D eigenvalue weighted by Gasteiger charge is 2.31. The predicted molar refractivity (Wildman–Crippen MR) is 214 cm³/mol. The van der Waals surface area contributed by atoms with Crippen molar-refractivity contribution in [2.75, 3.05) is 0 Å². The van der Waals surface area contributed by atoms with Gasteiger partial charge in [-0.2, -0.15) is 0 Å². The molecule has 2 aliphatic rings. The Hall–Kier alpha value is -6.24. The summed E-state index contributed by atoms with van der Waals surface area (Å²) in [4.78, 5) is 0. The third-order valence-electron chi connectivity index (χ3n) is 11.3. The van der Waals surface area contributed by atoms with Gasteiger partial charge >= 0.3 is 0 Å². The fraction of sp³-hybridized carbons (Fsp3) is 0.0400. The standard InChI is InChI=1S/C50H32/c1-29-17-21-31(22-18-29)45-40-11-5-6-12-41(40)46(32-23-19-30(2)20-24-32)50-44-28-26-36(39-15-8-16-43(48(39)44)49(45)50)35-25-27-42-34-10-4-3-9-33(34)37-13-7-14-38(35)47(37)42/h3-28H,1-2H3. The first-order valence-electron chi connectivity index (χ1n) is 17.6. The fourth-order valence-corrected chi connectivity index (χ4v) is 9.12. The van der Waals surface area contributed by atoms with Crippen LogP contribution in [-0.2, 0) is 0 Å². The van der Waals surface area contributed by atoms with Crippen molar-refractivity contribution in [1.82, 2.24) is 0 Å². The van der Waals surface area contributed by atoms with Gasteiger partial charge in [0.1, 0.15) is 0 Å². The molecule has 0 nitrogen and oxygen atoms in total. The van der Waals surface area contributed by atoms with E-state index in [1.165, 1.54) is 121 Å². The number of benzene rings is 9. The molecule has 0 fully saturated rings. The van der Waals surface area contributed by atoms with Gasteiger partial charge in [0, 0.05) is 0 Å². The quantitative estimate of drug-likeness (QED) is 0.182. The molecule has 0 N–H and O–H groups in total. The summed E-state index contributed by atoms with van der Waals surface area (Å²) in [6, 6.07) is 59.4. The van der Waals surface area contributed by atoms with Crippen LogP contribution < -0.4 is 0 Å². The van der Waals surface area contributed by atoms with E-state index in [1.54, 1.807) is 0 Å². The topological polar surface area (TPSA) is 0 Å². The third kappa shape index (κ3) is 3.66. The van der Waals surface area contributed by atoms with Gasteiger partial charge in [0.2, 0.25) is 0 Å². The van der Waals surface area contributed by atoms with Crippen LogP contribution in [0, 0.1) is 13.8 Å². The number of aryl methyl sites for hydroxylation is 2. The molecular formula is C50H32. The Morgan fingerprint density at radius 1 is 0.240 bits per heavy atom. The molecule has 0 radical (unpaired) electrons. The maximum atomic E-state index is 2.41. The molecule has 11 rings (SSSR count). The molecule has 0 heteroatoms. The van der Waals surface area contributed by atoms with E-state index in [0.717, 1.165) is 0 Å². The minimum absolute atomic E-state index is 1.26. The van der Waals surface area contributed by atoms with Gasteiger partial charge in [-0.05, 0) is 124 Å². The highest BCUT2D eigenvalue weighted by atomic mass is 14.3. The molecule has 0 saturated heterocycles. The van der Waals surface area contributed by atoms with E-state index in [4.69, 9.17) is 0 Å². The first-order valence-corrected chi connectivity index (χ1v) is 17.6. The van der Waals surface area contributed by atoms with E-state index >= 15 is 0 Å². The van der Waals surface area contributed by atoms with Crippen LogP contribution in [0.15, 0.2) is 158 Å². The summed E-state index contributed by atoms with van der Waals surface area (Å²) >= 11 is 0. The second kappa shape index (κ2) is 10.1. The van der Waals surface area contributed by atoms with Gasteiger partial charge in [0.15, 0.2) is 0 Å². The molecule has 0 spiro atoms. The first kappa shape index (κ1) is 27.7. The normalized spacial score (nSPS) is 12.2. The SMILES string of the molecule is Cc1ccc(-c2c3c(c(-c4ccc(C)cc4)c4ccccc24)-c2ccc(-c4ccc5c6c(cccc46)-c4ccccc4-5)c4cccc-3c24)cc1. The molecule has 0 atom stereocenters. The highest BCUT2D eigenvalue weighted by molar-refractivity contribution is 6.29. The summed E-state index contributed by atoms with van der Waals surface area (Å²) < 4.78 is 0. The van der Waals surface area contributed by atoms with E-state index < -0.39 is 0 Å². The molecule has 0 aromatic heterocycles. The minimum atomic E-state index is 1.26. The smallest absolute Gasteiger partial charge is 0.000741 e. The summed E-state index contributed by atoms with van der Waals surface area (Å²) in [6.45, 7) is 4.34. The summed E-state index contributed by atoms with van der Waals surface area (Å²) in [6.07, 6.45) is 0. The van der Waals surface area contributed by atoms with Crippen molar-refractivity contribution in [3.63, 3.8) is 0 Å². The van der Waals surface area contributed by atoms with Crippen LogP contribution >= 0.6 is 0 Å². The summed E-state index contributed by atoms with van der Waals surface area (Å²) in [7, 11) is 0. The lowest BCUT2D eigenvalue weighted by molar-refractivity contribution is 1.47. The number of rotatable bonds is 3. The molecule has 0 amide bonds. The second-order valence-electron chi connectivity index (χ2n) is 14.1. The lowest BCUT2D eigenvalue weighted by Crippen LogP contribution is -1.93. The number of hydrogen-bond acceptors (Lipinski definition) is 0. The molecular weight excluding hydrogens is 601 g/mol. The maximum absolute atomic E-state index is 2.41. The Morgan fingerprint density at radius 2 is 0.600 bits per heavy atom. The predicted octanol–water partition coefficient (Wildman–Crippen LogP) is 14.1. The van der Waals surface area contributed by atoms with Crippen molar-refractivity contribution in [3.05, 3.63) is 169 Å².